The van der Waals surface area contributed by atoms with Crippen molar-refractivity contribution in [1.29, 1.82) is 0 Å². The second-order valence-electron chi connectivity index (χ2n) is 11.7. The van der Waals surface area contributed by atoms with Crippen LogP contribution >= 0.6 is 0 Å². The van der Waals surface area contributed by atoms with Crippen molar-refractivity contribution in [3.63, 3.8) is 0 Å². The molecule has 0 fully saturated rings. The molecule has 0 saturated carbocycles. The Hall–Kier alpha value is -5.81. The van der Waals surface area contributed by atoms with Crippen LogP contribution in [0.5, 0.6) is 0 Å². The molecule has 0 saturated heterocycles. The Balaban J connectivity index is 1.31. The van der Waals surface area contributed by atoms with Crippen molar-refractivity contribution in [3.05, 3.63) is 91.0 Å². The number of rotatable bonds is 7. The van der Waals surface area contributed by atoms with Gasteiger partial charge >= 0.3 is 287 Å². The Labute approximate surface area is 292 Å². The summed E-state index contributed by atoms with van der Waals surface area (Å²) >= 11 is 1.60. The summed E-state index contributed by atoms with van der Waals surface area (Å²) in [6, 6.07) is 30.1. The molecule has 0 spiro atoms. The Kier molecular flexibility index (Phi) is 7.61. The molecule has 0 unspecified atom stereocenters. The fourth-order valence-corrected chi connectivity index (χ4v) is 7.29. The molecule has 7 aromatic rings. The van der Waals surface area contributed by atoms with Crippen molar-refractivity contribution in [2.75, 3.05) is 13.2 Å². The molecule has 0 aliphatic carbocycles. The molecule has 4 aromatic carbocycles. The van der Waals surface area contributed by atoms with Gasteiger partial charge in [-0.3, -0.25) is 0 Å². The zero-order chi connectivity index (χ0) is 33.6. The van der Waals surface area contributed by atoms with E-state index in [9.17, 15) is 4.79 Å². The summed E-state index contributed by atoms with van der Waals surface area (Å²) in [4.78, 5) is 49.2. The normalized spacial score (nSPS) is 11.9. The number of nitrogens with zero attached hydrogens (tertiary/aromatic N) is 6. The van der Waals surface area contributed by atoms with Crippen molar-refractivity contribution in [1.82, 2.24) is 44.2 Å². The molecule has 8 bridgehead atoms. The van der Waals surface area contributed by atoms with Crippen molar-refractivity contribution < 1.29 is 24.7 Å². The zero-order valence-electron chi connectivity index (χ0n) is 26.8. The second kappa shape index (κ2) is 12.6. The number of fused-ring (bicyclic) bond motifs is 20. The van der Waals surface area contributed by atoms with Crippen LogP contribution in [-0.4, -0.2) is 59.0 Å². The number of nitrogens with one attached hydrogen (secondary N) is 3. The van der Waals surface area contributed by atoms with Crippen LogP contribution in [0, 0.1) is 0 Å². The van der Waals surface area contributed by atoms with Crippen LogP contribution in [0.3, 0.4) is 0 Å². The third kappa shape index (κ3) is 5.30. The summed E-state index contributed by atoms with van der Waals surface area (Å²) < 4.78 is 9.42. The molecule has 3 N–H and O–H groups in total. The molecule has 249 valence electrons. The molecule has 11 nitrogen and oxygen atoms in total. The van der Waals surface area contributed by atoms with E-state index in [1.54, 1.807) is 15.2 Å². The summed E-state index contributed by atoms with van der Waals surface area (Å²) in [6.45, 7) is 2.82. The average molecular weight is 707 g/mol. The third-order valence-electron chi connectivity index (χ3n) is 8.57. The summed E-state index contributed by atoms with van der Waals surface area (Å²) in [7, 11) is 0. The zero-order valence-corrected chi connectivity index (χ0v) is 27.7. The molecule has 0 amide bonds. The number of carbonyl (C=O) groups is 1. The first-order valence-electron chi connectivity index (χ1n) is 16.3. The SMILES string of the molecule is CCOC(=O)CCC[NH][Cu][c]1cccc2c3nc4nc(nc5[nH]c(nc6nc(nc([nH]3)c12)-c1ccccc1-6)c1ccccc51)-c1ccccc1-4. The summed E-state index contributed by atoms with van der Waals surface area (Å²) in [5, 5.41) is 3.63. The first-order chi connectivity index (χ1) is 24.6. The number of aromatic nitrogens is 8. The number of ether oxygens (including phenoxy) is 1. The molecule has 0 radical (unpaired) electrons. The topological polar surface area (TPSA) is 147 Å². The molecule has 12 heteroatoms. The van der Waals surface area contributed by atoms with Crippen molar-refractivity contribution >= 4 is 54.6 Å². The second-order valence-corrected chi connectivity index (χ2v) is 12.8. The van der Waals surface area contributed by atoms with Crippen LogP contribution in [-0.2, 0) is 24.7 Å². The fraction of sp³-hybridized carbons (Fsp3) is 0.132. The summed E-state index contributed by atoms with van der Waals surface area (Å²) in [6.07, 6.45) is 1.01. The van der Waals surface area contributed by atoms with Crippen LogP contribution in [0.2, 0.25) is 0 Å². The van der Waals surface area contributed by atoms with Crippen molar-refractivity contribution in [3.8, 4) is 45.6 Å². The number of H-pyrrole nitrogens is 2. The van der Waals surface area contributed by atoms with E-state index < -0.39 is 0 Å². The van der Waals surface area contributed by atoms with Gasteiger partial charge < -0.3 is 0 Å². The summed E-state index contributed by atoms with van der Waals surface area (Å²) in [5.74, 6) is 2.02. The molecule has 50 heavy (non-hydrogen) atoms. The van der Waals surface area contributed by atoms with Gasteiger partial charge in [0, 0.05) is 0 Å². The first kappa shape index (κ1) is 30.3. The van der Waals surface area contributed by atoms with Crippen molar-refractivity contribution in [2.45, 2.75) is 19.8 Å². The standard InChI is InChI=1S/C32H17N8.C6H12NO2.Cu/c1-2-10-18-17(9-1)25-33-26(18)38-28-21-13-5-6-14-22(21)30(35-28)40-32-24-16-8-7-15-23(24)31(36-32)39-29-20-12-4-3-11-19(20)27(34-29)37-25;1-2-9-6(8)4-3-5-7;/h1-15H,(H2,33,34,35,36,37,38,39,40);7H,2-5H2,1H3;/q;-1;+1. The molecular formula is C38H29CuN9O2. The molecular weight excluding hydrogens is 678 g/mol. The van der Waals surface area contributed by atoms with Crippen LogP contribution in [0.4, 0.5) is 0 Å². The monoisotopic (exact) mass is 706 g/mol. The Morgan fingerprint density at radius 2 is 1.10 bits per heavy atom. The van der Waals surface area contributed by atoms with Crippen molar-refractivity contribution in [2.24, 2.45) is 0 Å². The van der Waals surface area contributed by atoms with E-state index in [1.165, 1.54) is 0 Å². The van der Waals surface area contributed by atoms with E-state index in [0.29, 0.717) is 71.9 Å². The van der Waals surface area contributed by atoms with Gasteiger partial charge in [-0.15, -0.1) is 0 Å². The molecule has 2 aliphatic heterocycles. The van der Waals surface area contributed by atoms with E-state index in [1.807, 2.05) is 97.9 Å². The van der Waals surface area contributed by atoms with E-state index in [-0.39, 0.29) is 5.97 Å². The van der Waals surface area contributed by atoms with Gasteiger partial charge in [-0.05, 0) is 0 Å². The van der Waals surface area contributed by atoms with Crippen LogP contribution in [0.15, 0.2) is 91.0 Å². The van der Waals surface area contributed by atoms with Crippen LogP contribution < -0.4 is 8.79 Å². The summed E-state index contributed by atoms with van der Waals surface area (Å²) in [5.41, 5.74) is 6.10. The van der Waals surface area contributed by atoms with Gasteiger partial charge in [0.25, 0.3) is 0 Å². The molecule has 5 heterocycles. The van der Waals surface area contributed by atoms with Gasteiger partial charge in [-0.2, -0.15) is 0 Å². The first-order valence-corrected chi connectivity index (χ1v) is 17.3. The fourth-order valence-electron chi connectivity index (χ4n) is 6.30. The minimum absolute atomic E-state index is 0.191. The number of esters is 1. The van der Waals surface area contributed by atoms with E-state index in [0.717, 1.165) is 48.3 Å². The maximum absolute atomic E-state index is 11.8. The predicted octanol–water partition coefficient (Wildman–Crippen LogP) is 6.42. The predicted molar refractivity (Wildman–Crippen MR) is 190 cm³/mol. The quantitative estimate of drug-likeness (QED) is 0.0970. The van der Waals surface area contributed by atoms with Gasteiger partial charge in [0.2, 0.25) is 0 Å². The number of hydrogen-bond donors (Lipinski definition) is 3. The van der Waals surface area contributed by atoms with E-state index in [2.05, 4.69) is 14.3 Å². The van der Waals surface area contributed by atoms with Crippen LogP contribution in [0.1, 0.15) is 19.8 Å². The van der Waals surface area contributed by atoms with Gasteiger partial charge in [-0.1, -0.05) is 6.07 Å². The third-order valence-corrected chi connectivity index (χ3v) is 9.62. The van der Waals surface area contributed by atoms with Gasteiger partial charge in [-0.25, -0.2) is 0 Å². The minimum atomic E-state index is -0.191. The number of carbonyl (C=O) groups excluding carboxylic acids is 1. The number of aromatic amines is 2. The number of hydrogen-bond acceptors (Lipinski definition) is 9. The number of benzene rings is 4. The van der Waals surface area contributed by atoms with Gasteiger partial charge in [0.1, 0.15) is 0 Å². The molecule has 9 rings (SSSR count). The molecule has 0 atom stereocenters. The van der Waals surface area contributed by atoms with Gasteiger partial charge in [0.05, 0.1) is 0 Å². The maximum atomic E-state index is 11.8. The van der Waals surface area contributed by atoms with E-state index >= 15 is 0 Å². The Morgan fingerprint density at radius 3 is 1.66 bits per heavy atom. The molecule has 2 aliphatic rings. The van der Waals surface area contributed by atoms with Crippen LogP contribution in [0.25, 0.3) is 89.7 Å². The van der Waals surface area contributed by atoms with Gasteiger partial charge in [0.15, 0.2) is 0 Å². The van der Waals surface area contributed by atoms with E-state index in [4.69, 9.17) is 34.6 Å². The Bertz CT molecular complexity index is 2640. The molecule has 3 aromatic heterocycles. The average Bonchev–Trinajstić information content (AvgIpc) is 3.87. The Morgan fingerprint density at radius 1 is 0.620 bits per heavy atom.